The summed E-state index contributed by atoms with van der Waals surface area (Å²) in [6.07, 6.45) is -0.531. The standard InChI is InChI=1S/C21H27NO3Si/c1-21(2,3)26(4,5)25-22-20(23)24-14-19-17-12-8-6-10-15(17)16-11-7-9-13-18(16)19/h6-13,19H,14H2,1-5H3,(H,22,23). The summed E-state index contributed by atoms with van der Waals surface area (Å²) in [4.78, 5) is 12.2. The maximum absolute atomic E-state index is 12.2. The lowest BCUT2D eigenvalue weighted by Crippen LogP contribution is -2.46. The summed E-state index contributed by atoms with van der Waals surface area (Å²) in [6, 6.07) is 16.6. The van der Waals surface area contributed by atoms with Crippen LogP contribution in [0.1, 0.15) is 37.8 Å². The Hall–Kier alpha value is -2.11. The lowest BCUT2D eigenvalue weighted by molar-refractivity contribution is 0.0915. The maximum Gasteiger partial charge on any atom is 0.430 e. The number of amides is 1. The average Bonchev–Trinajstić information content (AvgIpc) is 2.91. The van der Waals surface area contributed by atoms with Crippen molar-refractivity contribution in [3.63, 3.8) is 0 Å². The third-order valence-corrected chi connectivity index (χ3v) is 9.76. The molecule has 2 aromatic rings. The number of fused-ring (bicyclic) bond motifs is 3. The van der Waals surface area contributed by atoms with E-state index in [-0.39, 0.29) is 11.0 Å². The van der Waals surface area contributed by atoms with Crippen molar-refractivity contribution in [3.8, 4) is 11.1 Å². The number of hydrogen-bond acceptors (Lipinski definition) is 3. The predicted molar refractivity (Wildman–Crippen MR) is 106 cm³/mol. The van der Waals surface area contributed by atoms with Crippen molar-refractivity contribution >= 4 is 14.4 Å². The number of hydroxylamine groups is 1. The highest BCUT2D eigenvalue weighted by Gasteiger charge is 2.39. The minimum atomic E-state index is -2.06. The molecule has 1 amide bonds. The molecule has 0 fully saturated rings. The van der Waals surface area contributed by atoms with Gasteiger partial charge in [-0.25, -0.2) is 10.3 Å². The summed E-state index contributed by atoms with van der Waals surface area (Å²) in [7, 11) is -2.06. The first-order chi connectivity index (χ1) is 12.2. The van der Waals surface area contributed by atoms with Crippen molar-refractivity contribution in [2.24, 2.45) is 0 Å². The molecule has 5 heteroatoms. The van der Waals surface area contributed by atoms with Crippen LogP contribution in [0.2, 0.25) is 18.1 Å². The Labute approximate surface area is 156 Å². The van der Waals surface area contributed by atoms with E-state index >= 15 is 0 Å². The Kier molecular flexibility index (Phi) is 4.95. The predicted octanol–water partition coefficient (Wildman–Crippen LogP) is 5.46. The van der Waals surface area contributed by atoms with Gasteiger partial charge in [-0.1, -0.05) is 69.3 Å². The third kappa shape index (κ3) is 3.55. The van der Waals surface area contributed by atoms with Crippen LogP contribution in [0.3, 0.4) is 0 Å². The molecule has 0 saturated carbocycles. The highest BCUT2D eigenvalue weighted by Crippen LogP contribution is 2.44. The SMILES string of the molecule is CC(C)(C)[Si](C)(C)ONC(=O)OCC1c2ccccc2-c2ccccc21. The van der Waals surface area contributed by atoms with Crippen LogP contribution in [-0.4, -0.2) is 21.0 Å². The van der Waals surface area contributed by atoms with E-state index in [4.69, 9.17) is 9.26 Å². The van der Waals surface area contributed by atoms with Crippen LogP contribution in [-0.2, 0) is 9.26 Å². The molecule has 0 bridgehead atoms. The molecule has 4 nitrogen and oxygen atoms in total. The van der Waals surface area contributed by atoms with Gasteiger partial charge < -0.3 is 9.26 Å². The Morgan fingerprint density at radius 3 is 2.00 bits per heavy atom. The zero-order valence-corrected chi connectivity index (χ0v) is 17.1. The van der Waals surface area contributed by atoms with E-state index in [1.165, 1.54) is 22.3 Å². The van der Waals surface area contributed by atoms with Crippen LogP contribution in [0.25, 0.3) is 11.1 Å². The first-order valence-corrected chi connectivity index (χ1v) is 11.9. The molecule has 0 aromatic heterocycles. The van der Waals surface area contributed by atoms with Gasteiger partial charge in [-0.15, -0.1) is 0 Å². The highest BCUT2D eigenvalue weighted by molar-refractivity contribution is 6.74. The third-order valence-electron chi connectivity index (χ3n) is 5.54. The van der Waals surface area contributed by atoms with Gasteiger partial charge in [0.25, 0.3) is 0 Å². The second-order valence-corrected chi connectivity index (χ2v) is 13.0. The topological polar surface area (TPSA) is 47.6 Å². The van der Waals surface area contributed by atoms with Gasteiger partial charge in [0.1, 0.15) is 6.61 Å². The summed E-state index contributed by atoms with van der Waals surface area (Å²) in [5, 5.41) is 0.0175. The summed E-state index contributed by atoms with van der Waals surface area (Å²) >= 11 is 0. The molecule has 3 rings (SSSR count). The fourth-order valence-corrected chi connectivity index (χ4v) is 3.59. The summed E-state index contributed by atoms with van der Waals surface area (Å²) < 4.78 is 11.2. The van der Waals surface area contributed by atoms with Crippen molar-refractivity contribution in [2.75, 3.05) is 6.61 Å². The van der Waals surface area contributed by atoms with Crippen molar-refractivity contribution in [2.45, 2.75) is 44.8 Å². The average molecular weight is 370 g/mol. The molecular formula is C21H27NO3Si. The molecule has 138 valence electrons. The molecule has 0 radical (unpaired) electrons. The molecule has 1 aliphatic rings. The Morgan fingerprint density at radius 2 is 1.50 bits per heavy atom. The van der Waals surface area contributed by atoms with Crippen molar-refractivity contribution in [1.29, 1.82) is 0 Å². The number of carbonyl (C=O) groups is 1. The minimum absolute atomic E-state index is 0.0175. The molecule has 2 aromatic carbocycles. The molecular weight excluding hydrogens is 342 g/mol. The van der Waals surface area contributed by atoms with Crippen LogP contribution >= 0.6 is 0 Å². The Bertz CT molecular complexity index is 765. The van der Waals surface area contributed by atoms with Gasteiger partial charge in [-0.05, 0) is 40.4 Å². The Balaban J connectivity index is 1.66. The number of benzene rings is 2. The zero-order chi connectivity index (χ0) is 18.9. The van der Waals surface area contributed by atoms with Gasteiger partial charge in [0, 0.05) is 5.92 Å². The van der Waals surface area contributed by atoms with Crippen molar-refractivity contribution in [1.82, 2.24) is 5.48 Å². The molecule has 1 N–H and O–H groups in total. The number of nitrogens with one attached hydrogen (secondary N) is 1. The van der Waals surface area contributed by atoms with E-state index < -0.39 is 14.4 Å². The largest absolute Gasteiger partial charge is 0.447 e. The second kappa shape index (κ2) is 6.89. The number of carbonyl (C=O) groups excluding carboxylic acids is 1. The van der Waals surface area contributed by atoms with Gasteiger partial charge in [0.15, 0.2) is 0 Å². The fourth-order valence-electron chi connectivity index (χ4n) is 2.95. The zero-order valence-electron chi connectivity index (χ0n) is 16.1. The molecule has 0 unspecified atom stereocenters. The molecule has 0 aliphatic heterocycles. The van der Waals surface area contributed by atoms with E-state index in [1.54, 1.807) is 0 Å². The van der Waals surface area contributed by atoms with Crippen LogP contribution < -0.4 is 5.48 Å². The quantitative estimate of drug-likeness (QED) is 0.575. The Morgan fingerprint density at radius 1 is 1.00 bits per heavy atom. The number of hydrogen-bond donors (Lipinski definition) is 1. The first-order valence-electron chi connectivity index (χ1n) is 9.00. The maximum atomic E-state index is 12.2. The van der Waals surface area contributed by atoms with E-state index in [9.17, 15) is 4.79 Å². The molecule has 26 heavy (non-hydrogen) atoms. The van der Waals surface area contributed by atoms with Gasteiger partial charge in [-0.2, -0.15) is 0 Å². The second-order valence-electron chi connectivity index (χ2n) is 8.29. The van der Waals surface area contributed by atoms with Gasteiger partial charge in [-0.3, -0.25) is 0 Å². The molecule has 1 aliphatic carbocycles. The number of rotatable bonds is 4. The molecule has 0 heterocycles. The summed E-state index contributed by atoms with van der Waals surface area (Å²) in [5.74, 6) is 0.0565. The summed E-state index contributed by atoms with van der Waals surface area (Å²) in [6.45, 7) is 10.8. The van der Waals surface area contributed by atoms with Crippen LogP contribution in [0.5, 0.6) is 0 Å². The van der Waals surface area contributed by atoms with Crippen LogP contribution in [0.15, 0.2) is 48.5 Å². The van der Waals surface area contributed by atoms with Gasteiger partial charge >= 0.3 is 6.09 Å². The summed E-state index contributed by atoms with van der Waals surface area (Å²) in [5.41, 5.74) is 7.34. The van der Waals surface area contributed by atoms with Gasteiger partial charge in [0.05, 0.1) is 0 Å². The van der Waals surface area contributed by atoms with Crippen molar-refractivity contribution < 1.29 is 14.1 Å². The number of ether oxygens (including phenoxy) is 1. The van der Waals surface area contributed by atoms with Crippen molar-refractivity contribution in [3.05, 3.63) is 59.7 Å². The van der Waals surface area contributed by atoms with Crippen LogP contribution in [0.4, 0.5) is 4.79 Å². The van der Waals surface area contributed by atoms with E-state index in [0.717, 1.165) is 0 Å². The minimum Gasteiger partial charge on any atom is -0.447 e. The van der Waals surface area contributed by atoms with Crippen LogP contribution in [0, 0.1) is 0 Å². The molecule has 0 saturated heterocycles. The van der Waals surface area contributed by atoms with E-state index in [0.29, 0.717) is 6.61 Å². The lowest BCUT2D eigenvalue weighted by atomic mass is 9.98. The normalized spacial score (nSPS) is 13.9. The van der Waals surface area contributed by atoms with E-state index in [1.807, 2.05) is 24.3 Å². The first kappa shape index (κ1) is 18.7. The fraction of sp³-hybridized carbons (Fsp3) is 0.381. The smallest absolute Gasteiger partial charge is 0.430 e. The molecule has 0 atom stereocenters. The van der Waals surface area contributed by atoms with Gasteiger partial charge in [0.2, 0.25) is 8.32 Å². The monoisotopic (exact) mass is 369 g/mol. The lowest BCUT2D eigenvalue weighted by Gasteiger charge is -2.34. The highest BCUT2D eigenvalue weighted by atomic mass is 28.4. The molecule has 0 spiro atoms. The van der Waals surface area contributed by atoms with E-state index in [2.05, 4.69) is 63.6 Å².